The van der Waals surface area contributed by atoms with Gasteiger partial charge in [-0.3, -0.25) is 4.90 Å². The Balaban J connectivity index is 1.75. The zero-order valence-electron chi connectivity index (χ0n) is 11.1. The van der Waals surface area contributed by atoms with Crippen molar-refractivity contribution in [2.45, 2.75) is 33.4 Å². The normalized spacial score (nSPS) is 15.7. The first-order valence-corrected chi connectivity index (χ1v) is 7.44. The molecule has 2 heteroatoms. The molecule has 1 nitrogen and oxygen atoms in total. The molecular formula is C16H19NS. The monoisotopic (exact) mass is 257 g/mol. The largest absolute Gasteiger partial charge is 0.294 e. The standard InChI is InChI=1S/C16H19NS/c1-12-13(2)18-11-16(12)10-17-8-7-14-5-3-4-6-15(14)9-17/h3-6,11H,7-10H2,1-2H3. The van der Waals surface area contributed by atoms with Gasteiger partial charge in [0.25, 0.3) is 0 Å². The van der Waals surface area contributed by atoms with Crippen LogP contribution in [0, 0.1) is 13.8 Å². The SMILES string of the molecule is Cc1scc(CN2CCc3ccccc3C2)c1C. The molecule has 0 N–H and O–H groups in total. The van der Waals surface area contributed by atoms with Crippen molar-refractivity contribution in [1.29, 1.82) is 0 Å². The van der Waals surface area contributed by atoms with Gasteiger partial charge in [0.05, 0.1) is 0 Å². The topological polar surface area (TPSA) is 3.24 Å². The van der Waals surface area contributed by atoms with Crippen LogP contribution in [0.1, 0.15) is 27.1 Å². The number of hydrogen-bond acceptors (Lipinski definition) is 2. The van der Waals surface area contributed by atoms with Gasteiger partial charge in [0.15, 0.2) is 0 Å². The quantitative estimate of drug-likeness (QED) is 0.788. The number of nitrogens with zero attached hydrogens (tertiary/aromatic N) is 1. The first kappa shape index (κ1) is 11.9. The molecule has 0 radical (unpaired) electrons. The van der Waals surface area contributed by atoms with Crippen molar-refractivity contribution >= 4 is 11.3 Å². The van der Waals surface area contributed by atoms with E-state index >= 15 is 0 Å². The Kier molecular flexibility index (Phi) is 3.23. The number of aryl methyl sites for hydroxylation is 1. The van der Waals surface area contributed by atoms with Crippen LogP contribution in [0.3, 0.4) is 0 Å². The highest BCUT2D eigenvalue weighted by atomic mass is 32.1. The van der Waals surface area contributed by atoms with Crippen molar-refractivity contribution < 1.29 is 0 Å². The number of benzene rings is 1. The number of rotatable bonds is 2. The summed E-state index contributed by atoms with van der Waals surface area (Å²) in [6.07, 6.45) is 1.19. The summed E-state index contributed by atoms with van der Waals surface area (Å²) in [6.45, 7) is 7.86. The third kappa shape index (κ3) is 2.23. The van der Waals surface area contributed by atoms with Gasteiger partial charge in [-0.15, -0.1) is 11.3 Å². The summed E-state index contributed by atoms with van der Waals surface area (Å²) >= 11 is 1.88. The van der Waals surface area contributed by atoms with Crippen molar-refractivity contribution in [3.05, 3.63) is 56.8 Å². The Morgan fingerprint density at radius 3 is 2.67 bits per heavy atom. The van der Waals surface area contributed by atoms with Gasteiger partial charge in [-0.1, -0.05) is 24.3 Å². The summed E-state index contributed by atoms with van der Waals surface area (Å²) in [5, 5.41) is 2.32. The van der Waals surface area contributed by atoms with E-state index in [0.717, 1.165) is 13.1 Å². The molecular weight excluding hydrogens is 238 g/mol. The lowest BCUT2D eigenvalue weighted by Crippen LogP contribution is -2.30. The van der Waals surface area contributed by atoms with Crippen LogP contribution in [0.15, 0.2) is 29.6 Å². The van der Waals surface area contributed by atoms with Crippen molar-refractivity contribution in [3.63, 3.8) is 0 Å². The van der Waals surface area contributed by atoms with Crippen LogP contribution in [-0.4, -0.2) is 11.4 Å². The highest BCUT2D eigenvalue weighted by Gasteiger charge is 2.17. The minimum absolute atomic E-state index is 1.10. The molecule has 0 atom stereocenters. The zero-order chi connectivity index (χ0) is 12.5. The van der Waals surface area contributed by atoms with E-state index in [2.05, 4.69) is 48.4 Å². The molecule has 18 heavy (non-hydrogen) atoms. The molecule has 1 aliphatic heterocycles. The second kappa shape index (κ2) is 4.87. The first-order valence-electron chi connectivity index (χ1n) is 6.57. The molecule has 0 unspecified atom stereocenters. The van der Waals surface area contributed by atoms with E-state index in [1.165, 1.54) is 40.1 Å². The summed E-state index contributed by atoms with van der Waals surface area (Å²) in [7, 11) is 0. The molecule has 0 saturated carbocycles. The van der Waals surface area contributed by atoms with E-state index in [4.69, 9.17) is 0 Å². The van der Waals surface area contributed by atoms with Gasteiger partial charge < -0.3 is 0 Å². The lowest BCUT2D eigenvalue weighted by molar-refractivity contribution is 0.245. The van der Waals surface area contributed by atoms with Crippen molar-refractivity contribution in [3.8, 4) is 0 Å². The molecule has 0 amide bonds. The van der Waals surface area contributed by atoms with Gasteiger partial charge in [0.2, 0.25) is 0 Å². The summed E-state index contributed by atoms with van der Waals surface area (Å²) < 4.78 is 0. The molecule has 3 rings (SSSR count). The van der Waals surface area contributed by atoms with Crippen LogP contribution in [0.25, 0.3) is 0 Å². The third-order valence-electron chi connectivity index (χ3n) is 3.99. The van der Waals surface area contributed by atoms with Crippen LogP contribution >= 0.6 is 11.3 Å². The smallest absolute Gasteiger partial charge is 0.0248 e. The zero-order valence-corrected chi connectivity index (χ0v) is 11.9. The summed E-state index contributed by atoms with van der Waals surface area (Å²) in [6, 6.07) is 8.85. The summed E-state index contributed by atoms with van der Waals surface area (Å²) in [4.78, 5) is 4.03. The van der Waals surface area contributed by atoms with Gasteiger partial charge in [-0.05, 0) is 47.9 Å². The summed E-state index contributed by atoms with van der Waals surface area (Å²) in [5.74, 6) is 0. The van der Waals surface area contributed by atoms with E-state index in [1.807, 2.05) is 11.3 Å². The molecule has 0 fully saturated rings. The molecule has 0 bridgehead atoms. The minimum atomic E-state index is 1.10. The predicted molar refractivity (Wildman–Crippen MR) is 78.1 cm³/mol. The van der Waals surface area contributed by atoms with Crippen LogP contribution in [0.4, 0.5) is 0 Å². The van der Waals surface area contributed by atoms with Crippen molar-refractivity contribution in [2.75, 3.05) is 6.54 Å². The number of fused-ring (bicyclic) bond motifs is 1. The van der Waals surface area contributed by atoms with Crippen molar-refractivity contribution in [2.24, 2.45) is 0 Å². The van der Waals surface area contributed by atoms with Gasteiger partial charge in [-0.2, -0.15) is 0 Å². The Hall–Kier alpha value is -1.12. The van der Waals surface area contributed by atoms with Crippen LogP contribution in [0.5, 0.6) is 0 Å². The van der Waals surface area contributed by atoms with E-state index < -0.39 is 0 Å². The fourth-order valence-corrected chi connectivity index (χ4v) is 3.53. The molecule has 94 valence electrons. The molecule has 1 aliphatic rings. The lowest BCUT2D eigenvalue weighted by Gasteiger charge is -2.28. The van der Waals surface area contributed by atoms with Crippen molar-refractivity contribution in [1.82, 2.24) is 4.90 Å². The maximum absolute atomic E-state index is 2.57. The molecule has 0 spiro atoms. The highest BCUT2D eigenvalue weighted by Crippen LogP contribution is 2.25. The van der Waals surface area contributed by atoms with E-state index in [1.54, 1.807) is 0 Å². The minimum Gasteiger partial charge on any atom is -0.294 e. The Labute approximate surface area is 113 Å². The first-order chi connectivity index (χ1) is 8.74. The highest BCUT2D eigenvalue weighted by molar-refractivity contribution is 7.10. The van der Waals surface area contributed by atoms with Crippen LogP contribution in [0.2, 0.25) is 0 Å². The molecule has 2 heterocycles. The average Bonchev–Trinajstić information content (AvgIpc) is 2.71. The van der Waals surface area contributed by atoms with Gasteiger partial charge in [0.1, 0.15) is 0 Å². The number of thiophene rings is 1. The molecule has 0 aliphatic carbocycles. The molecule has 1 aromatic carbocycles. The van der Waals surface area contributed by atoms with E-state index in [9.17, 15) is 0 Å². The second-order valence-corrected chi connectivity index (χ2v) is 6.26. The maximum atomic E-state index is 2.57. The Morgan fingerprint density at radius 2 is 1.94 bits per heavy atom. The van der Waals surface area contributed by atoms with Crippen LogP contribution in [-0.2, 0) is 19.5 Å². The van der Waals surface area contributed by atoms with Crippen LogP contribution < -0.4 is 0 Å². The Bertz CT molecular complexity index is 556. The maximum Gasteiger partial charge on any atom is 0.0248 e. The second-order valence-electron chi connectivity index (χ2n) is 5.17. The van der Waals surface area contributed by atoms with E-state index in [-0.39, 0.29) is 0 Å². The van der Waals surface area contributed by atoms with Gasteiger partial charge in [-0.25, -0.2) is 0 Å². The molecule has 0 saturated heterocycles. The van der Waals surface area contributed by atoms with Gasteiger partial charge >= 0.3 is 0 Å². The Morgan fingerprint density at radius 1 is 1.17 bits per heavy atom. The fraction of sp³-hybridized carbons (Fsp3) is 0.375. The molecule has 1 aromatic heterocycles. The average molecular weight is 257 g/mol. The predicted octanol–water partition coefficient (Wildman–Crippen LogP) is 3.92. The van der Waals surface area contributed by atoms with E-state index in [0.29, 0.717) is 0 Å². The number of hydrogen-bond donors (Lipinski definition) is 0. The third-order valence-corrected chi connectivity index (χ3v) is 5.05. The summed E-state index contributed by atoms with van der Waals surface area (Å²) in [5.41, 5.74) is 6.04. The fourth-order valence-electron chi connectivity index (χ4n) is 2.65. The van der Waals surface area contributed by atoms with Gasteiger partial charge in [0, 0.05) is 24.5 Å². The lowest BCUT2D eigenvalue weighted by atomic mass is 9.99. The molecule has 2 aromatic rings.